The molecule has 0 aliphatic heterocycles. The van der Waals surface area contributed by atoms with Gasteiger partial charge in [0.2, 0.25) is 0 Å². The molecule has 2 aromatic carbocycles. The second kappa shape index (κ2) is 6.65. The first-order valence-corrected chi connectivity index (χ1v) is 8.57. The molecular weight excluding hydrogens is 334 g/mol. The molecule has 4 nitrogen and oxygen atoms in total. The SMILES string of the molecule is O=C(N/N=C/c1cccc(Cl)c1)c1cc(C2CC2)nc2ccccc12. The van der Waals surface area contributed by atoms with E-state index in [1.54, 1.807) is 18.3 Å². The molecule has 4 rings (SSSR count). The maximum absolute atomic E-state index is 12.6. The van der Waals surface area contributed by atoms with E-state index in [9.17, 15) is 4.79 Å². The van der Waals surface area contributed by atoms with Crippen LogP contribution in [0.15, 0.2) is 59.7 Å². The summed E-state index contributed by atoms with van der Waals surface area (Å²) >= 11 is 5.94. The highest BCUT2D eigenvalue weighted by Crippen LogP contribution is 2.40. The first-order valence-electron chi connectivity index (χ1n) is 8.19. The first-order chi connectivity index (χ1) is 12.2. The van der Waals surface area contributed by atoms with E-state index >= 15 is 0 Å². The third-order valence-electron chi connectivity index (χ3n) is 4.20. The van der Waals surface area contributed by atoms with Crippen LogP contribution in [-0.4, -0.2) is 17.1 Å². The van der Waals surface area contributed by atoms with Crippen molar-refractivity contribution in [3.05, 3.63) is 76.4 Å². The number of pyridine rings is 1. The fourth-order valence-corrected chi connectivity index (χ4v) is 2.98. The average molecular weight is 350 g/mol. The number of nitrogens with zero attached hydrogens (tertiary/aromatic N) is 2. The number of aromatic nitrogens is 1. The average Bonchev–Trinajstić information content (AvgIpc) is 3.46. The number of nitrogens with one attached hydrogen (secondary N) is 1. The Kier molecular flexibility index (Phi) is 4.20. The molecule has 0 unspecified atom stereocenters. The third kappa shape index (κ3) is 3.54. The molecule has 0 saturated heterocycles. The van der Waals surface area contributed by atoms with Crippen molar-refractivity contribution < 1.29 is 4.79 Å². The predicted molar refractivity (Wildman–Crippen MR) is 100 cm³/mol. The summed E-state index contributed by atoms with van der Waals surface area (Å²) in [5.41, 5.74) is 5.87. The lowest BCUT2D eigenvalue weighted by atomic mass is 10.1. The number of hydrazone groups is 1. The van der Waals surface area contributed by atoms with Crippen molar-refractivity contribution >= 4 is 34.6 Å². The van der Waals surface area contributed by atoms with Crippen LogP contribution < -0.4 is 5.43 Å². The van der Waals surface area contributed by atoms with Crippen LogP contribution in [0.1, 0.15) is 40.4 Å². The Balaban J connectivity index is 1.61. The van der Waals surface area contributed by atoms with E-state index in [0.717, 1.165) is 35.0 Å². The summed E-state index contributed by atoms with van der Waals surface area (Å²) in [5.74, 6) is 0.241. The van der Waals surface area contributed by atoms with Gasteiger partial charge < -0.3 is 0 Å². The number of hydrogen-bond acceptors (Lipinski definition) is 3. The summed E-state index contributed by atoms with van der Waals surface area (Å²) in [4.78, 5) is 17.3. The number of rotatable bonds is 4. The number of benzene rings is 2. The van der Waals surface area contributed by atoms with E-state index < -0.39 is 0 Å². The summed E-state index contributed by atoms with van der Waals surface area (Å²) in [5, 5.41) is 5.52. The number of amides is 1. The highest BCUT2D eigenvalue weighted by Gasteiger charge is 2.26. The van der Waals surface area contributed by atoms with Gasteiger partial charge in [0, 0.05) is 22.0 Å². The van der Waals surface area contributed by atoms with E-state index in [1.807, 2.05) is 42.5 Å². The van der Waals surface area contributed by atoms with Crippen molar-refractivity contribution in [3.63, 3.8) is 0 Å². The fraction of sp³-hybridized carbons (Fsp3) is 0.150. The molecular formula is C20H16ClN3O. The minimum Gasteiger partial charge on any atom is -0.267 e. The molecule has 3 aromatic rings. The summed E-state index contributed by atoms with van der Waals surface area (Å²) in [6, 6.07) is 16.9. The molecule has 25 heavy (non-hydrogen) atoms. The van der Waals surface area contributed by atoms with Gasteiger partial charge in [-0.2, -0.15) is 5.10 Å². The number of carbonyl (C=O) groups excluding carboxylic acids is 1. The van der Waals surface area contributed by atoms with Crippen LogP contribution in [0.2, 0.25) is 5.02 Å². The molecule has 1 fully saturated rings. The summed E-state index contributed by atoms with van der Waals surface area (Å²) in [6.07, 6.45) is 3.85. The molecule has 0 spiro atoms. The first kappa shape index (κ1) is 15.8. The number of hydrogen-bond donors (Lipinski definition) is 1. The van der Waals surface area contributed by atoms with Gasteiger partial charge in [-0.1, -0.05) is 41.9 Å². The summed E-state index contributed by atoms with van der Waals surface area (Å²) in [6.45, 7) is 0. The zero-order chi connectivity index (χ0) is 17.2. The van der Waals surface area contributed by atoms with E-state index in [4.69, 9.17) is 11.6 Å². The zero-order valence-electron chi connectivity index (χ0n) is 13.4. The number of halogens is 1. The second-order valence-corrected chi connectivity index (χ2v) is 6.58. The van der Waals surface area contributed by atoms with Gasteiger partial charge in [-0.15, -0.1) is 0 Å². The maximum Gasteiger partial charge on any atom is 0.272 e. The third-order valence-corrected chi connectivity index (χ3v) is 4.44. The Hall–Kier alpha value is -2.72. The molecule has 0 atom stereocenters. The highest BCUT2D eigenvalue weighted by molar-refractivity contribution is 6.30. The largest absolute Gasteiger partial charge is 0.272 e. The van der Waals surface area contributed by atoms with Gasteiger partial charge in [-0.3, -0.25) is 9.78 Å². The van der Waals surface area contributed by atoms with Gasteiger partial charge in [0.25, 0.3) is 5.91 Å². The number of carbonyl (C=O) groups is 1. The normalized spacial score (nSPS) is 14.1. The Labute approximate surface area is 150 Å². The van der Waals surface area contributed by atoms with Crippen molar-refractivity contribution in [1.82, 2.24) is 10.4 Å². The smallest absolute Gasteiger partial charge is 0.267 e. The molecule has 1 N–H and O–H groups in total. The van der Waals surface area contributed by atoms with Crippen molar-refractivity contribution in [2.75, 3.05) is 0 Å². The number of para-hydroxylation sites is 1. The van der Waals surface area contributed by atoms with Crippen LogP contribution in [0.25, 0.3) is 10.9 Å². The minimum atomic E-state index is -0.237. The van der Waals surface area contributed by atoms with Gasteiger partial charge in [0.05, 0.1) is 17.3 Å². The van der Waals surface area contributed by atoms with Crippen LogP contribution in [0, 0.1) is 0 Å². The van der Waals surface area contributed by atoms with Crippen LogP contribution in [0.5, 0.6) is 0 Å². The minimum absolute atomic E-state index is 0.237. The molecule has 5 heteroatoms. The molecule has 0 radical (unpaired) electrons. The van der Waals surface area contributed by atoms with Crippen molar-refractivity contribution in [2.45, 2.75) is 18.8 Å². The predicted octanol–water partition coefficient (Wildman–Crippen LogP) is 4.53. The Morgan fingerprint density at radius 3 is 2.80 bits per heavy atom. The molecule has 0 bridgehead atoms. The molecule has 1 aromatic heterocycles. The molecule has 124 valence electrons. The molecule has 1 aliphatic carbocycles. The maximum atomic E-state index is 12.6. The van der Waals surface area contributed by atoms with Crippen molar-refractivity contribution in [3.8, 4) is 0 Å². The van der Waals surface area contributed by atoms with Crippen LogP contribution in [0.4, 0.5) is 0 Å². The Bertz CT molecular complexity index is 980. The zero-order valence-corrected chi connectivity index (χ0v) is 14.2. The summed E-state index contributed by atoms with van der Waals surface area (Å²) in [7, 11) is 0. The molecule has 1 amide bonds. The van der Waals surface area contributed by atoms with E-state index in [2.05, 4.69) is 15.5 Å². The van der Waals surface area contributed by atoms with Gasteiger partial charge in [0.15, 0.2) is 0 Å². The molecule has 1 aliphatic rings. The van der Waals surface area contributed by atoms with Crippen molar-refractivity contribution in [2.24, 2.45) is 5.10 Å². The van der Waals surface area contributed by atoms with Gasteiger partial charge in [-0.05, 0) is 42.7 Å². The quantitative estimate of drug-likeness (QED) is 0.555. The molecule has 1 saturated carbocycles. The van der Waals surface area contributed by atoms with Gasteiger partial charge >= 0.3 is 0 Å². The number of fused-ring (bicyclic) bond motifs is 1. The topological polar surface area (TPSA) is 54.4 Å². The standard InChI is InChI=1S/C20H16ClN3O/c21-15-5-3-4-13(10-15)12-22-24-20(25)17-11-19(14-8-9-14)23-18-7-2-1-6-16(17)18/h1-7,10-12,14H,8-9H2,(H,24,25)/b22-12+. The van der Waals surface area contributed by atoms with Crippen molar-refractivity contribution in [1.29, 1.82) is 0 Å². The highest BCUT2D eigenvalue weighted by atomic mass is 35.5. The summed E-state index contributed by atoms with van der Waals surface area (Å²) < 4.78 is 0. The van der Waals surface area contributed by atoms with Gasteiger partial charge in [-0.25, -0.2) is 5.43 Å². The van der Waals surface area contributed by atoms with E-state index in [0.29, 0.717) is 16.5 Å². The molecule has 1 heterocycles. The lowest BCUT2D eigenvalue weighted by molar-refractivity contribution is 0.0956. The van der Waals surface area contributed by atoms with Gasteiger partial charge in [0.1, 0.15) is 0 Å². The monoisotopic (exact) mass is 349 g/mol. The Morgan fingerprint density at radius 2 is 2.00 bits per heavy atom. The van der Waals surface area contributed by atoms with E-state index in [1.165, 1.54) is 0 Å². The van der Waals surface area contributed by atoms with Crippen LogP contribution >= 0.6 is 11.6 Å². The fourth-order valence-electron chi connectivity index (χ4n) is 2.78. The van der Waals surface area contributed by atoms with Crippen LogP contribution in [0.3, 0.4) is 0 Å². The lowest BCUT2D eigenvalue weighted by Gasteiger charge is -2.08. The Morgan fingerprint density at radius 1 is 1.16 bits per heavy atom. The second-order valence-electron chi connectivity index (χ2n) is 6.14. The van der Waals surface area contributed by atoms with E-state index in [-0.39, 0.29) is 5.91 Å². The lowest BCUT2D eigenvalue weighted by Crippen LogP contribution is -2.18. The van der Waals surface area contributed by atoms with Crippen LogP contribution in [-0.2, 0) is 0 Å².